The third-order valence-electron chi connectivity index (χ3n) is 2.86. The first-order valence-electron chi connectivity index (χ1n) is 5.32. The molecule has 0 aromatic rings. The molecule has 1 aliphatic rings. The van der Waals surface area contributed by atoms with Crippen LogP contribution in [0.4, 0.5) is 0 Å². The fourth-order valence-electron chi connectivity index (χ4n) is 1.93. The van der Waals surface area contributed by atoms with Crippen molar-refractivity contribution in [2.45, 2.75) is 44.7 Å². The van der Waals surface area contributed by atoms with E-state index in [4.69, 9.17) is 10.8 Å². The first-order valence-corrected chi connectivity index (χ1v) is 5.32. The maximum atomic E-state index is 11.7. The summed E-state index contributed by atoms with van der Waals surface area (Å²) in [6.45, 7) is 2.01. The number of carbonyl (C=O) groups excluding carboxylic acids is 1. The summed E-state index contributed by atoms with van der Waals surface area (Å²) in [5.74, 6) is 0.0343. The van der Waals surface area contributed by atoms with Gasteiger partial charge in [-0.1, -0.05) is 6.42 Å². The van der Waals surface area contributed by atoms with Gasteiger partial charge < -0.3 is 16.2 Å². The zero-order valence-corrected chi connectivity index (χ0v) is 8.70. The van der Waals surface area contributed by atoms with Crippen LogP contribution in [0.2, 0.25) is 0 Å². The smallest absolute Gasteiger partial charge is 0.224 e. The Labute approximate surface area is 84.9 Å². The molecule has 82 valence electrons. The highest BCUT2D eigenvalue weighted by molar-refractivity contribution is 5.79. The monoisotopic (exact) mass is 200 g/mol. The van der Waals surface area contributed by atoms with Crippen molar-refractivity contribution >= 4 is 5.91 Å². The molecule has 0 heterocycles. The second-order valence-corrected chi connectivity index (χ2v) is 4.12. The summed E-state index contributed by atoms with van der Waals surface area (Å²) in [6, 6.07) is 0.0663. The Morgan fingerprint density at radius 1 is 1.64 bits per heavy atom. The van der Waals surface area contributed by atoms with E-state index in [1.807, 2.05) is 6.92 Å². The molecule has 4 N–H and O–H groups in total. The molecule has 0 bridgehead atoms. The molecule has 14 heavy (non-hydrogen) atoms. The van der Waals surface area contributed by atoms with Crippen LogP contribution in [0, 0.1) is 5.92 Å². The number of aliphatic hydroxyl groups excluding tert-OH is 1. The normalized spacial score (nSPS) is 28.8. The average Bonchev–Trinajstić information content (AvgIpc) is 2.51. The van der Waals surface area contributed by atoms with Crippen LogP contribution in [0.25, 0.3) is 0 Å². The predicted molar refractivity (Wildman–Crippen MR) is 54.6 cm³/mol. The largest absolute Gasteiger partial charge is 0.396 e. The minimum Gasteiger partial charge on any atom is -0.396 e. The highest BCUT2D eigenvalue weighted by atomic mass is 16.3. The van der Waals surface area contributed by atoms with E-state index in [2.05, 4.69) is 5.32 Å². The van der Waals surface area contributed by atoms with Crippen LogP contribution < -0.4 is 11.1 Å². The van der Waals surface area contributed by atoms with Crippen LogP contribution in [0.3, 0.4) is 0 Å². The van der Waals surface area contributed by atoms with E-state index < -0.39 is 0 Å². The third-order valence-corrected chi connectivity index (χ3v) is 2.86. The van der Waals surface area contributed by atoms with Crippen LogP contribution in [0.5, 0.6) is 0 Å². The summed E-state index contributed by atoms with van der Waals surface area (Å²) in [7, 11) is 0. The van der Waals surface area contributed by atoms with Gasteiger partial charge in [0.05, 0.1) is 5.92 Å². The fraction of sp³-hybridized carbons (Fsp3) is 0.900. The molecular weight excluding hydrogens is 180 g/mol. The Morgan fingerprint density at radius 2 is 2.36 bits per heavy atom. The number of carbonyl (C=O) groups is 1. The molecule has 3 atom stereocenters. The Kier molecular flexibility index (Phi) is 4.35. The van der Waals surface area contributed by atoms with E-state index in [9.17, 15) is 4.79 Å². The van der Waals surface area contributed by atoms with E-state index in [0.717, 1.165) is 19.3 Å². The first-order chi connectivity index (χ1) is 6.65. The molecule has 1 aliphatic carbocycles. The minimum atomic E-state index is -0.0175. The number of hydrogen-bond donors (Lipinski definition) is 3. The molecule has 0 spiro atoms. The quantitative estimate of drug-likeness (QED) is 0.598. The number of amides is 1. The Hall–Kier alpha value is -0.610. The minimum absolute atomic E-state index is 0.0175. The topological polar surface area (TPSA) is 75.3 Å². The van der Waals surface area contributed by atoms with Crippen molar-refractivity contribution in [3.63, 3.8) is 0 Å². The van der Waals surface area contributed by atoms with Gasteiger partial charge >= 0.3 is 0 Å². The molecule has 1 saturated carbocycles. The summed E-state index contributed by atoms with van der Waals surface area (Å²) in [6.07, 6.45) is 3.51. The zero-order chi connectivity index (χ0) is 10.6. The Balaban J connectivity index is 2.33. The highest BCUT2D eigenvalue weighted by Gasteiger charge is 2.30. The zero-order valence-electron chi connectivity index (χ0n) is 8.70. The van der Waals surface area contributed by atoms with Gasteiger partial charge in [0.15, 0.2) is 0 Å². The van der Waals surface area contributed by atoms with Crippen LogP contribution in [-0.2, 0) is 4.79 Å². The number of nitrogens with one attached hydrogen (secondary N) is 1. The van der Waals surface area contributed by atoms with Crippen molar-refractivity contribution < 1.29 is 9.90 Å². The van der Waals surface area contributed by atoms with Gasteiger partial charge in [-0.05, 0) is 26.2 Å². The van der Waals surface area contributed by atoms with Gasteiger partial charge in [0.25, 0.3) is 0 Å². The second-order valence-electron chi connectivity index (χ2n) is 4.12. The lowest BCUT2D eigenvalue weighted by atomic mass is 10.0. The van der Waals surface area contributed by atoms with Crippen LogP contribution >= 0.6 is 0 Å². The lowest BCUT2D eigenvalue weighted by Gasteiger charge is -2.18. The molecule has 0 aromatic carbocycles. The summed E-state index contributed by atoms with van der Waals surface area (Å²) >= 11 is 0. The maximum Gasteiger partial charge on any atom is 0.224 e. The number of hydrogen-bond acceptors (Lipinski definition) is 3. The summed E-state index contributed by atoms with van der Waals surface area (Å²) < 4.78 is 0. The predicted octanol–water partition coefficient (Wildman–Crippen LogP) is 0.000900. The lowest BCUT2D eigenvalue weighted by molar-refractivity contribution is -0.125. The molecule has 1 fully saturated rings. The fourth-order valence-corrected chi connectivity index (χ4v) is 1.93. The molecule has 0 radical (unpaired) electrons. The van der Waals surface area contributed by atoms with Gasteiger partial charge in [0.1, 0.15) is 0 Å². The van der Waals surface area contributed by atoms with Gasteiger partial charge in [0, 0.05) is 18.7 Å². The molecule has 3 unspecified atom stereocenters. The molecule has 0 saturated heterocycles. The van der Waals surface area contributed by atoms with E-state index >= 15 is 0 Å². The van der Waals surface area contributed by atoms with Crippen LogP contribution in [0.15, 0.2) is 0 Å². The van der Waals surface area contributed by atoms with E-state index in [-0.39, 0.29) is 30.5 Å². The number of aliphatic hydroxyl groups is 1. The molecule has 4 nitrogen and oxygen atoms in total. The third kappa shape index (κ3) is 2.96. The molecule has 1 rings (SSSR count). The second kappa shape index (κ2) is 5.32. The van der Waals surface area contributed by atoms with Crippen molar-refractivity contribution in [3.05, 3.63) is 0 Å². The van der Waals surface area contributed by atoms with Crippen molar-refractivity contribution in [2.75, 3.05) is 6.61 Å². The van der Waals surface area contributed by atoms with Crippen molar-refractivity contribution in [3.8, 4) is 0 Å². The maximum absolute atomic E-state index is 11.7. The molecule has 1 amide bonds. The van der Waals surface area contributed by atoms with E-state index in [1.54, 1.807) is 0 Å². The van der Waals surface area contributed by atoms with Gasteiger partial charge in [-0.25, -0.2) is 0 Å². The van der Waals surface area contributed by atoms with Gasteiger partial charge in [-0.2, -0.15) is 0 Å². The van der Waals surface area contributed by atoms with Crippen molar-refractivity contribution in [2.24, 2.45) is 11.7 Å². The van der Waals surface area contributed by atoms with Crippen molar-refractivity contribution in [1.82, 2.24) is 5.32 Å². The summed E-state index contributed by atoms with van der Waals surface area (Å²) in [5.41, 5.74) is 5.82. The van der Waals surface area contributed by atoms with Gasteiger partial charge in [0.2, 0.25) is 5.91 Å². The SMILES string of the molecule is CC(CCO)NC(=O)C1CCCC1N. The Bertz CT molecular complexity index is 197. The molecule has 4 heteroatoms. The highest BCUT2D eigenvalue weighted by Crippen LogP contribution is 2.24. The standard InChI is InChI=1S/C10H20N2O2/c1-7(5-6-13)12-10(14)8-3-2-4-9(8)11/h7-9,13H,2-6,11H2,1H3,(H,12,14). The summed E-state index contributed by atoms with van der Waals surface area (Å²) in [5, 5.41) is 11.6. The van der Waals surface area contributed by atoms with Crippen molar-refractivity contribution in [1.29, 1.82) is 0 Å². The number of rotatable bonds is 4. The average molecular weight is 200 g/mol. The van der Waals surface area contributed by atoms with E-state index in [0.29, 0.717) is 6.42 Å². The first kappa shape index (κ1) is 11.5. The lowest BCUT2D eigenvalue weighted by Crippen LogP contribution is -2.42. The summed E-state index contributed by atoms with van der Waals surface area (Å²) in [4.78, 5) is 11.7. The van der Waals surface area contributed by atoms with E-state index in [1.165, 1.54) is 0 Å². The van der Waals surface area contributed by atoms with Gasteiger partial charge in [-0.3, -0.25) is 4.79 Å². The molecular formula is C10H20N2O2. The molecule has 0 aromatic heterocycles. The molecule has 0 aliphatic heterocycles. The van der Waals surface area contributed by atoms with Gasteiger partial charge in [-0.15, -0.1) is 0 Å². The van der Waals surface area contributed by atoms with Crippen LogP contribution in [0.1, 0.15) is 32.6 Å². The Morgan fingerprint density at radius 3 is 2.86 bits per heavy atom. The number of nitrogens with two attached hydrogens (primary N) is 1. The van der Waals surface area contributed by atoms with Crippen LogP contribution in [-0.4, -0.2) is 29.7 Å².